The molecule has 2 N–H and O–H groups in total. The summed E-state index contributed by atoms with van der Waals surface area (Å²) in [5.41, 5.74) is 0. The average molecular weight is 313 g/mol. The molecule has 1 atom stereocenters. The summed E-state index contributed by atoms with van der Waals surface area (Å²) in [5.74, 6) is -1.27. The Morgan fingerprint density at radius 1 is 1.62 bits per heavy atom. The summed E-state index contributed by atoms with van der Waals surface area (Å²) in [5, 5.41) is 15.4. The number of rotatable bonds is 4. The third kappa shape index (κ3) is 2.57. The van der Waals surface area contributed by atoms with Gasteiger partial charge in [-0.3, -0.25) is 4.79 Å². The van der Waals surface area contributed by atoms with Crippen LogP contribution in [0, 0.1) is 0 Å². The lowest BCUT2D eigenvalue weighted by atomic mass is 10.4. The zero-order valence-corrected chi connectivity index (χ0v) is 10.8. The van der Waals surface area contributed by atoms with Crippen molar-refractivity contribution in [3.8, 4) is 0 Å². The molecule has 0 aliphatic heterocycles. The first-order valence-electron chi connectivity index (χ1n) is 4.06. The smallest absolute Gasteiger partial charge is 0.321 e. The van der Waals surface area contributed by atoms with Crippen LogP contribution in [0.1, 0.15) is 6.92 Å². The molecule has 1 heterocycles. The minimum absolute atomic E-state index is 0.0279. The van der Waals surface area contributed by atoms with Gasteiger partial charge < -0.3 is 5.11 Å². The van der Waals surface area contributed by atoms with Crippen molar-refractivity contribution in [1.82, 2.24) is 19.7 Å². The molecule has 0 bridgehead atoms. The first-order chi connectivity index (χ1) is 7.25. The summed E-state index contributed by atoms with van der Waals surface area (Å²) in [6.07, 6.45) is 0. The van der Waals surface area contributed by atoms with Crippen LogP contribution < -0.4 is 4.72 Å². The molecular weight excluding hydrogens is 304 g/mol. The fourth-order valence-corrected chi connectivity index (χ4v) is 3.24. The zero-order chi connectivity index (χ0) is 12.5. The molecule has 8 nitrogen and oxygen atoms in total. The summed E-state index contributed by atoms with van der Waals surface area (Å²) in [7, 11) is -2.58. The van der Waals surface area contributed by atoms with Crippen molar-refractivity contribution < 1.29 is 18.3 Å². The van der Waals surface area contributed by atoms with Crippen LogP contribution in [-0.4, -0.2) is 40.5 Å². The molecule has 0 amide bonds. The molecule has 0 aliphatic carbocycles. The number of halogens is 1. The molecule has 1 aromatic rings. The van der Waals surface area contributed by atoms with Gasteiger partial charge in [0.2, 0.25) is 5.03 Å². The summed E-state index contributed by atoms with van der Waals surface area (Å²) in [6.45, 7) is 1.22. The number of sulfonamides is 1. The number of carbonyl (C=O) groups is 1. The number of hydrogen-bond acceptors (Lipinski definition) is 5. The maximum Gasteiger partial charge on any atom is 0.321 e. The third-order valence-electron chi connectivity index (χ3n) is 1.69. The summed E-state index contributed by atoms with van der Waals surface area (Å²) >= 11 is 2.92. The normalized spacial score (nSPS) is 13.7. The zero-order valence-electron chi connectivity index (χ0n) is 8.38. The molecular formula is C6H9BrN4O4S. The Hall–Kier alpha value is -1.00. The van der Waals surface area contributed by atoms with Gasteiger partial charge in [-0.15, -0.1) is 5.10 Å². The maximum atomic E-state index is 11.7. The molecule has 0 radical (unpaired) electrons. The van der Waals surface area contributed by atoms with E-state index in [1.165, 1.54) is 14.0 Å². The Labute approximate surface area is 99.8 Å². The van der Waals surface area contributed by atoms with E-state index in [0.29, 0.717) is 0 Å². The molecule has 0 saturated heterocycles. The number of aliphatic carboxylic acids is 1. The Morgan fingerprint density at radius 2 is 2.19 bits per heavy atom. The summed E-state index contributed by atoms with van der Waals surface area (Å²) < 4.78 is 26.5. The Morgan fingerprint density at radius 3 is 2.56 bits per heavy atom. The Kier molecular flexibility index (Phi) is 3.65. The molecule has 0 spiro atoms. The second-order valence-corrected chi connectivity index (χ2v) is 5.37. The first-order valence-corrected chi connectivity index (χ1v) is 6.33. The van der Waals surface area contributed by atoms with Crippen molar-refractivity contribution in [2.75, 3.05) is 0 Å². The second kappa shape index (κ2) is 4.47. The van der Waals surface area contributed by atoms with Crippen LogP contribution in [0.5, 0.6) is 0 Å². The van der Waals surface area contributed by atoms with E-state index >= 15 is 0 Å². The van der Waals surface area contributed by atoms with Gasteiger partial charge in [-0.1, -0.05) is 5.21 Å². The first kappa shape index (κ1) is 13.1. The van der Waals surface area contributed by atoms with Gasteiger partial charge in [0.1, 0.15) is 6.04 Å². The SMILES string of the molecule is C[C@H](NS(=O)(=O)c1c(Br)nnn1C)C(=O)O. The molecule has 0 unspecified atom stereocenters. The fraction of sp³-hybridized carbons (Fsp3) is 0.500. The van der Waals surface area contributed by atoms with Gasteiger partial charge in [-0.05, 0) is 22.9 Å². The van der Waals surface area contributed by atoms with Crippen LogP contribution in [0.2, 0.25) is 0 Å². The van der Waals surface area contributed by atoms with Gasteiger partial charge in [0.05, 0.1) is 0 Å². The number of hydrogen-bond donors (Lipinski definition) is 2. The molecule has 1 rings (SSSR count). The molecule has 0 fully saturated rings. The van der Waals surface area contributed by atoms with E-state index < -0.39 is 22.0 Å². The molecule has 0 saturated carbocycles. The van der Waals surface area contributed by atoms with Crippen LogP contribution in [0.25, 0.3) is 0 Å². The second-order valence-electron chi connectivity index (χ2n) is 2.99. The van der Waals surface area contributed by atoms with E-state index in [-0.39, 0.29) is 9.63 Å². The minimum atomic E-state index is -3.96. The van der Waals surface area contributed by atoms with Gasteiger partial charge in [-0.25, -0.2) is 13.1 Å². The lowest BCUT2D eigenvalue weighted by Crippen LogP contribution is -2.39. The monoisotopic (exact) mass is 312 g/mol. The molecule has 16 heavy (non-hydrogen) atoms. The Bertz CT molecular complexity index is 491. The third-order valence-corrected chi connectivity index (χ3v) is 4.12. The van der Waals surface area contributed by atoms with E-state index in [9.17, 15) is 13.2 Å². The number of aryl methyl sites for hydroxylation is 1. The minimum Gasteiger partial charge on any atom is -0.480 e. The standard InChI is InChI=1S/C6H9BrN4O4S/c1-3(6(12)13)9-16(14,15)5-4(7)8-10-11(5)2/h3,9H,1-2H3,(H,12,13)/t3-/m0/s1. The molecule has 0 aliphatic rings. The van der Waals surface area contributed by atoms with Crippen molar-refractivity contribution in [3.05, 3.63) is 4.60 Å². The maximum absolute atomic E-state index is 11.7. The number of carboxylic acid groups (broad SMARTS) is 1. The molecule has 1 aromatic heterocycles. The van der Waals surface area contributed by atoms with Gasteiger partial charge in [0.15, 0.2) is 4.60 Å². The van der Waals surface area contributed by atoms with E-state index in [1.807, 2.05) is 4.72 Å². The van der Waals surface area contributed by atoms with Crippen molar-refractivity contribution in [1.29, 1.82) is 0 Å². The van der Waals surface area contributed by atoms with Crippen molar-refractivity contribution in [2.24, 2.45) is 7.05 Å². The molecule has 0 aromatic carbocycles. The predicted molar refractivity (Wildman–Crippen MR) is 56.1 cm³/mol. The highest BCUT2D eigenvalue weighted by molar-refractivity contribution is 9.10. The van der Waals surface area contributed by atoms with E-state index in [2.05, 4.69) is 26.2 Å². The highest BCUT2D eigenvalue weighted by atomic mass is 79.9. The number of nitrogens with zero attached hydrogens (tertiary/aromatic N) is 3. The molecule has 90 valence electrons. The quantitative estimate of drug-likeness (QED) is 0.762. The number of carboxylic acids is 1. The van der Waals surface area contributed by atoms with Crippen molar-refractivity contribution >= 4 is 31.9 Å². The van der Waals surface area contributed by atoms with E-state index in [4.69, 9.17) is 5.11 Å². The van der Waals surface area contributed by atoms with Crippen molar-refractivity contribution in [3.63, 3.8) is 0 Å². The number of aromatic nitrogens is 3. The largest absolute Gasteiger partial charge is 0.480 e. The topological polar surface area (TPSA) is 114 Å². The average Bonchev–Trinajstić information content (AvgIpc) is 2.45. The lowest BCUT2D eigenvalue weighted by molar-refractivity contribution is -0.138. The Balaban J connectivity index is 3.09. The van der Waals surface area contributed by atoms with Gasteiger partial charge in [0, 0.05) is 7.05 Å². The molecule has 10 heteroatoms. The van der Waals surface area contributed by atoms with Crippen LogP contribution in [0.15, 0.2) is 9.63 Å². The van der Waals surface area contributed by atoms with Crippen LogP contribution in [0.3, 0.4) is 0 Å². The lowest BCUT2D eigenvalue weighted by Gasteiger charge is -2.09. The van der Waals surface area contributed by atoms with E-state index in [1.54, 1.807) is 0 Å². The van der Waals surface area contributed by atoms with Crippen LogP contribution in [0.4, 0.5) is 0 Å². The highest BCUT2D eigenvalue weighted by Gasteiger charge is 2.27. The summed E-state index contributed by atoms with van der Waals surface area (Å²) in [4.78, 5) is 10.5. The fourth-order valence-electron chi connectivity index (χ4n) is 0.947. The van der Waals surface area contributed by atoms with Gasteiger partial charge in [-0.2, -0.15) is 4.72 Å². The van der Waals surface area contributed by atoms with Gasteiger partial charge >= 0.3 is 5.97 Å². The van der Waals surface area contributed by atoms with E-state index in [0.717, 1.165) is 4.68 Å². The van der Waals surface area contributed by atoms with Crippen LogP contribution in [-0.2, 0) is 21.9 Å². The predicted octanol–water partition coefficient (Wildman–Crippen LogP) is -0.671. The van der Waals surface area contributed by atoms with Crippen LogP contribution >= 0.6 is 15.9 Å². The van der Waals surface area contributed by atoms with Crippen molar-refractivity contribution in [2.45, 2.75) is 18.0 Å². The summed E-state index contributed by atoms with van der Waals surface area (Å²) in [6, 6.07) is -1.23. The highest BCUT2D eigenvalue weighted by Crippen LogP contribution is 2.17. The van der Waals surface area contributed by atoms with Gasteiger partial charge in [0.25, 0.3) is 10.0 Å². The number of nitrogens with one attached hydrogen (secondary N) is 1.